The largest absolute Gasteiger partial charge is 0.356 e. The molecule has 7 heteroatoms. The van der Waals surface area contributed by atoms with Gasteiger partial charge >= 0.3 is 0 Å². The van der Waals surface area contributed by atoms with Gasteiger partial charge < -0.3 is 14.8 Å². The summed E-state index contributed by atoms with van der Waals surface area (Å²) in [4.78, 5) is 29.3. The molecule has 23 heavy (non-hydrogen) atoms. The van der Waals surface area contributed by atoms with Gasteiger partial charge in [0, 0.05) is 38.4 Å². The van der Waals surface area contributed by atoms with Gasteiger partial charge in [-0.15, -0.1) is 0 Å². The number of benzene rings is 1. The van der Waals surface area contributed by atoms with Crippen molar-refractivity contribution in [3.05, 3.63) is 30.6 Å². The first-order chi connectivity index (χ1) is 11.2. The Morgan fingerprint density at radius 1 is 1.30 bits per heavy atom. The molecule has 0 unspecified atom stereocenters. The van der Waals surface area contributed by atoms with E-state index < -0.39 is 0 Å². The predicted molar refractivity (Wildman–Crippen MR) is 91.4 cm³/mol. The maximum Gasteiger partial charge on any atom is 0.281 e. The van der Waals surface area contributed by atoms with Crippen LogP contribution in [0.2, 0.25) is 0 Å². The Balaban J connectivity index is 1.36. The number of para-hydroxylation sites is 2. The van der Waals surface area contributed by atoms with Gasteiger partial charge in [-0.2, -0.15) is 0 Å². The first-order valence-corrected chi connectivity index (χ1v) is 8.81. The average Bonchev–Trinajstić information content (AvgIpc) is 3.16. The van der Waals surface area contributed by atoms with Crippen molar-refractivity contribution >= 4 is 33.9 Å². The van der Waals surface area contributed by atoms with Gasteiger partial charge in [-0.1, -0.05) is 23.9 Å². The number of fused-ring (bicyclic) bond motifs is 1. The number of carbonyl (C=O) groups excluding carboxylic acids is 2. The third kappa shape index (κ3) is 4.04. The van der Waals surface area contributed by atoms with Crippen LogP contribution in [0.5, 0.6) is 0 Å². The van der Waals surface area contributed by atoms with Gasteiger partial charge in [0.25, 0.3) is 5.24 Å². The molecular formula is C16H20N4O2S. The number of imidazole rings is 1. The minimum atomic E-state index is 0.00480. The monoisotopic (exact) mass is 332 g/mol. The van der Waals surface area contributed by atoms with Crippen LogP contribution < -0.4 is 5.32 Å². The highest BCUT2D eigenvalue weighted by atomic mass is 32.2. The molecule has 0 spiro atoms. The average molecular weight is 332 g/mol. The molecule has 1 aromatic heterocycles. The number of rotatable bonds is 7. The van der Waals surface area contributed by atoms with Crippen molar-refractivity contribution in [1.29, 1.82) is 0 Å². The molecular weight excluding hydrogens is 312 g/mol. The molecule has 0 atom stereocenters. The van der Waals surface area contributed by atoms with Crippen molar-refractivity contribution in [1.82, 2.24) is 19.8 Å². The molecule has 0 saturated carbocycles. The van der Waals surface area contributed by atoms with Crippen molar-refractivity contribution in [2.45, 2.75) is 19.4 Å². The lowest BCUT2D eigenvalue weighted by molar-refractivity contribution is -0.121. The van der Waals surface area contributed by atoms with Gasteiger partial charge in [0.05, 0.1) is 17.4 Å². The second-order valence-corrected chi connectivity index (χ2v) is 6.53. The molecule has 0 aliphatic carbocycles. The van der Waals surface area contributed by atoms with E-state index in [4.69, 9.17) is 0 Å². The van der Waals surface area contributed by atoms with E-state index in [1.165, 1.54) is 11.8 Å². The van der Waals surface area contributed by atoms with Crippen LogP contribution >= 0.6 is 11.8 Å². The summed E-state index contributed by atoms with van der Waals surface area (Å²) in [6.07, 6.45) is 3.06. The Morgan fingerprint density at radius 2 is 2.17 bits per heavy atom. The maximum atomic E-state index is 11.8. The fourth-order valence-corrected chi connectivity index (χ4v) is 3.47. The summed E-state index contributed by atoms with van der Waals surface area (Å²) in [5, 5.41) is 3.00. The standard InChI is InChI=1S/C16H20N4O2S/c21-15(6-9-19-10-11-23-16(19)22)17-7-3-8-20-12-18-13-4-1-2-5-14(13)20/h1-2,4-5,12H,3,6-11H2,(H,17,21). The van der Waals surface area contributed by atoms with E-state index >= 15 is 0 Å². The molecule has 3 rings (SSSR count). The number of aryl methyl sites for hydroxylation is 1. The van der Waals surface area contributed by atoms with E-state index in [9.17, 15) is 9.59 Å². The van der Waals surface area contributed by atoms with Crippen LogP contribution in [0.1, 0.15) is 12.8 Å². The Kier molecular flexibility index (Phi) is 5.17. The minimum absolute atomic E-state index is 0.00480. The molecule has 1 N–H and O–H groups in total. The molecule has 1 saturated heterocycles. The second-order valence-electron chi connectivity index (χ2n) is 5.48. The summed E-state index contributed by atoms with van der Waals surface area (Å²) in [5.41, 5.74) is 2.11. The first-order valence-electron chi connectivity index (χ1n) is 7.82. The number of thioether (sulfide) groups is 1. The van der Waals surface area contributed by atoms with Crippen LogP contribution in [0, 0.1) is 0 Å². The topological polar surface area (TPSA) is 67.2 Å². The quantitative estimate of drug-likeness (QED) is 0.789. The molecule has 122 valence electrons. The molecule has 1 fully saturated rings. The van der Waals surface area contributed by atoms with Crippen molar-refractivity contribution in [2.24, 2.45) is 0 Å². The SMILES string of the molecule is O=C(CCN1CCSC1=O)NCCCn1cnc2ccccc21. The van der Waals surface area contributed by atoms with Crippen LogP contribution in [0.15, 0.2) is 30.6 Å². The van der Waals surface area contributed by atoms with E-state index in [0.29, 0.717) is 19.5 Å². The van der Waals surface area contributed by atoms with Crippen LogP contribution in [0.4, 0.5) is 4.79 Å². The highest BCUT2D eigenvalue weighted by Crippen LogP contribution is 2.17. The minimum Gasteiger partial charge on any atom is -0.356 e. The van der Waals surface area contributed by atoms with E-state index in [1.807, 2.05) is 30.6 Å². The highest BCUT2D eigenvalue weighted by Gasteiger charge is 2.21. The molecule has 1 aromatic carbocycles. The molecule has 2 aromatic rings. The van der Waals surface area contributed by atoms with Crippen LogP contribution in [-0.4, -0.2) is 51.0 Å². The fourth-order valence-electron chi connectivity index (χ4n) is 2.62. The summed E-state index contributed by atoms with van der Waals surface area (Å²) in [6, 6.07) is 8.02. The van der Waals surface area contributed by atoms with Gasteiger partial charge in [0.15, 0.2) is 0 Å². The lowest BCUT2D eigenvalue weighted by atomic mass is 10.3. The van der Waals surface area contributed by atoms with Crippen LogP contribution in [0.3, 0.4) is 0 Å². The van der Waals surface area contributed by atoms with Crippen molar-refractivity contribution in [2.75, 3.05) is 25.4 Å². The third-order valence-corrected chi connectivity index (χ3v) is 4.77. The van der Waals surface area contributed by atoms with Crippen molar-refractivity contribution < 1.29 is 9.59 Å². The Bertz CT molecular complexity index is 700. The zero-order valence-corrected chi connectivity index (χ0v) is 13.7. The molecule has 1 aliphatic rings. The van der Waals surface area contributed by atoms with E-state index in [-0.39, 0.29) is 11.1 Å². The van der Waals surface area contributed by atoms with Crippen molar-refractivity contribution in [3.8, 4) is 0 Å². The van der Waals surface area contributed by atoms with E-state index in [2.05, 4.69) is 14.9 Å². The van der Waals surface area contributed by atoms with Gasteiger partial charge in [0.2, 0.25) is 5.91 Å². The predicted octanol–water partition coefficient (Wildman–Crippen LogP) is 2.10. The lowest BCUT2D eigenvalue weighted by Gasteiger charge is -2.13. The number of nitrogens with one attached hydrogen (secondary N) is 1. The smallest absolute Gasteiger partial charge is 0.281 e. The lowest BCUT2D eigenvalue weighted by Crippen LogP contribution is -2.31. The Morgan fingerprint density at radius 3 is 3.00 bits per heavy atom. The number of amides is 2. The van der Waals surface area contributed by atoms with Crippen LogP contribution in [-0.2, 0) is 11.3 Å². The van der Waals surface area contributed by atoms with E-state index in [1.54, 1.807) is 4.90 Å². The molecule has 2 amide bonds. The zero-order chi connectivity index (χ0) is 16.1. The molecule has 0 radical (unpaired) electrons. The summed E-state index contributed by atoms with van der Waals surface area (Å²) in [5.74, 6) is 0.837. The second kappa shape index (κ2) is 7.50. The molecule has 2 heterocycles. The number of aromatic nitrogens is 2. The van der Waals surface area contributed by atoms with Gasteiger partial charge in [-0.05, 0) is 18.6 Å². The number of nitrogens with zero attached hydrogens (tertiary/aromatic N) is 3. The normalized spacial score (nSPS) is 14.6. The molecule has 1 aliphatic heterocycles. The zero-order valence-electron chi connectivity index (χ0n) is 12.9. The van der Waals surface area contributed by atoms with Gasteiger partial charge in [0.1, 0.15) is 0 Å². The number of hydrogen-bond donors (Lipinski definition) is 1. The fraction of sp³-hybridized carbons (Fsp3) is 0.438. The number of hydrogen-bond acceptors (Lipinski definition) is 4. The third-order valence-electron chi connectivity index (χ3n) is 3.88. The number of carbonyl (C=O) groups is 2. The highest BCUT2D eigenvalue weighted by molar-refractivity contribution is 8.13. The van der Waals surface area contributed by atoms with E-state index in [0.717, 1.165) is 36.3 Å². The summed E-state index contributed by atoms with van der Waals surface area (Å²) < 4.78 is 2.10. The molecule has 6 nitrogen and oxygen atoms in total. The van der Waals surface area contributed by atoms with Crippen LogP contribution in [0.25, 0.3) is 11.0 Å². The van der Waals surface area contributed by atoms with Gasteiger partial charge in [-0.25, -0.2) is 4.98 Å². The summed E-state index contributed by atoms with van der Waals surface area (Å²) >= 11 is 1.32. The first kappa shape index (κ1) is 15.9. The van der Waals surface area contributed by atoms with Crippen molar-refractivity contribution in [3.63, 3.8) is 0 Å². The van der Waals surface area contributed by atoms with Gasteiger partial charge in [-0.3, -0.25) is 9.59 Å². The summed E-state index contributed by atoms with van der Waals surface area (Å²) in [7, 11) is 0. The summed E-state index contributed by atoms with van der Waals surface area (Å²) in [6.45, 7) is 2.73. The molecule has 0 bridgehead atoms. The maximum absolute atomic E-state index is 11.8. The Hall–Kier alpha value is -2.02. The Labute approximate surface area is 139 Å².